The average molecular weight is 443 g/mol. The number of rotatable bonds is 7. The van der Waals surface area contributed by atoms with Gasteiger partial charge in [-0.25, -0.2) is 9.37 Å². The summed E-state index contributed by atoms with van der Waals surface area (Å²) in [5.41, 5.74) is 1.90. The fourth-order valence-corrected chi connectivity index (χ4v) is 4.26. The lowest BCUT2D eigenvalue weighted by Gasteiger charge is -2.30. The molecule has 0 radical (unpaired) electrons. The van der Waals surface area contributed by atoms with Crippen molar-refractivity contribution in [2.24, 2.45) is 0 Å². The first-order chi connectivity index (χ1) is 14.8. The van der Waals surface area contributed by atoms with Crippen LogP contribution in [0.4, 0.5) is 4.39 Å². The van der Waals surface area contributed by atoms with Crippen LogP contribution in [0.15, 0.2) is 42.5 Å². The summed E-state index contributed by atoms with van der Waals surface area (Å²) in [6.07, 6.45) is 2.67. The quantitative estimate of drug-likeness (QED) is 0.580. The Morgan fingerprint density at radius 1 is 1.26 bits per heavy atom. The van der Waals surface area contributed by atoms with Crippen LogP contribution in [-0.2, 0) is 22.6 Å². The topological polar surface area (TPSA) is 78.1 Å². The van der Waals surface area contributed by atoms with Crippen LogP contribution in [-0.4, -0.2) is 39.3 Å². The first-order valence-corrected chi connectivity index (χ1v) is 10.6. The van der Waals surface area contributed by atoms with Crippen molar-refractivity contribution in [1.82, 2.24) is 20.2 Å². The summed E-state index contributed by atoms with van der Waals surface area (Å²) in [6, 6.07) is 11.9. The highest BCUT2D eigenvalue weighted by Crippen LogP contribution is 2.30. The molecular weight excluding hydrogens is 419 g/mol. The van der Waals surface area contributed by atoms with E-state index in [-0.39, 0.29) is 17.6 Å². The number of nitrogens with zero attached hydrogens (tertiary/aromatic N) is 2. The predicted molar refractivity (Wildman–Crippen MR) is 117 cm³/mol. The number of imidazole rings is 1. The molecule has 2 aromatic carbocycles. The van der Waals surface area contributed by atoms with Gasteiger partial charge in [0, 0.05) is 30.5 Å². The maximum absolute atomic E-state index is 13.4. The second-order valence-corrected chi connectivity index (χ2v) is 8.66. The van der Waals surface area contributed by atoms with E-state index >= 15 is 0 Å². The molecule has 2 amide bonds. The highest BCUT2D eigenvalue weighted by Gasteiger charge is 2.38. The van der Waals surface area contributed by atoms with E-state index in [0.29, 0.717) is 60.5 Å². The molecule has 0 bridgehead atoms. The number of benzene rings is 2. The van der Waals surface area contributed by atoms with Crippen molar-refractivity contribution in [3.8, 4) is 0 Å². The number of carbonyl (C=O) groups is 2. The van der Waals surface area contributed by atoms with E-state index in [0.717, 1.165) is 5.56 Å². The van der Waals surface area contributed by atoms with Crippen molar-refractivity contribution in [3.05, 3.63) is 64.7 Å². The molecule has 31 heavy (non-hydrogen) atoms. The van der Waals surface area contributed by atoms with Gasteiger partial charge in [-0.05, 0) is 55.2 Å². The van der Waals surface area contributed by atoms with E-state index in [2.05, 4.69) is 15.3 Å². The Balaban J connectivity index is 1.39. The van der Waals surface area contributed by atoms with Crippen LogP contribution in [0, 0.1) is 5.82 Å². The van der Waals surface area contributed by atoms with E-state index in [1.165, 1.54) is 12.1 Å². The molecule has 2 N–H and O–H groups in total. The smallest absolute Gasteiger partial charge is 0.222 e. The number of nitrogens with one attached hydrogen (secondary N) is 2. The van der Waals surface area contributed by atoms with Crippen LogP contribution in [0.1, 0.15) is 37.1 Å². The first-order valence-electron chi connectivity index (χ1n) is 10.3. The molecule has 1 aliphatic heterocycles. The van der Waals surface area contributed by atoms with E-state index in [1.54, 1.807) is 18.0 Å². The minimum Gasteiger partial charge on any atom is -0.350 e. The second-order valence-electron chi connectivity index (χ2n) is 8.23. The molecule has 4 rings (SSSR count). The van der Waals surface area contributed by atoms with Crippen molar-refractivity contribution in [3.63, 3.8) is 0 Å². The molecule has 1 fully saturated rings. The van der Waals surface area contributed by atoms with Gasteiger partial charge in [0.25, 0.3) is 0 Å². The summed E-state index contributed by atoms with van der Waals surface area (Å²) in [4.78, 5) is 33.8. The van der Waals surface area contributed by atoms with Crippen molar-refractivity contribution in [2.45, 2.75) is 44.2 Å². The van der Waals surface area contributed by atoms with Crippen LogP contribution in [0.2, 0.25) is 5.02 Å². The molecule has 0 unspecified atom stereocenters. The maximum Gasteiger partial charge on any atom is 0.222 e. The van der Waals surface area contributed by atoms with Crippen LogP contribution in [0.3, 0.4) is 0 Å². The van der Waals surface area contributed by atoms with Crippen LogP contribution >= 0.6 is 11.6 Å². The van der Waals surface area contributed by atoms with Gasteiger partial charge in [0.05, 0.1) is 17.6 Å². The number of carbonyl (C=O) groups excluding carboxylic acids is 2. The highest BCUT2D eigenvalue weighted by molar-refractivity contribution is 6.30. The number of hydrogen-bond donors (Lipinski definition) is 2. The summed E-state index contributed by atoms with van der Waals surface area (Å²) in [7, 11) is 1.72. The Bertz CT molecular complexity index is 1110. The third-order valence-electron chi connectivity index (χ3n) is 5.81. The maximum atomic E-state index is 13.4. The van der Waals surface area contributed by atoms with Gasteiger partial charge in [-0.3, -0.25) is 9.59 Å². The standard InChI is InChI=1S/C23H24ClFN4O2/c1-29(14-20-26-18-7-6-17(25)12-19(18)27-20)22(31)9-11-23(10-8-21(30)28-23)13-15-2-4-16(24)5-3-15/h2-7,12H,8-11,13-14H2,1H3,(H,26,27)(H,28,30)/t23-/m0/s1. The van der Waals surface area contributed by atoms with E-state index in [1.807, 2.05) is 24.3 Å². The molecule has 8 heteroatoms. The summed E-state index contributed by atoms with van der Waals surface area (Å²) in [5.74, 6) is 0.241. The summed E-state index contributed by atoms with van der Waals surface area (Å²) in [6.45, 7) is 0.297. The lowest BCUT2D eigenvalue weighted by Crippen LogP contribution is -2.44. The van der Waals surface area contributed by atoms with E-state index < -0.39 is 5.54 Å². The van der Waals surface area contributed by atoms with Crippen LogP contribution in [0.5, 0.6) is 0 Å². The average Bonchev–Trinajstić information content (AvgIpc) is 3.30. The van der Waals surface area contributed by atoms with E-state index in [9.17, 15) is 14.0 Å². The van der Waals surface area contributed by atoms with Gasteiger partial charge in [-0.1, -0.05) is 23.7 Å². The fraction of sp³-hybridized carbons (Fsp3) is 0.348. The molecule has 1 saturated heterocycles. The predicted octanol–water partition coefficient (Wildman–Crippen LogP) is 3.99. The zero-order valence-electron chi connectivity index (χ0n) is 17.3. The Morgan fingerprint density at radius 3 is 2.74 bits per heavy atom. The van der Waals surface area contributed by atoms with Gasteiger partial charge in [0.15, 0.2) is 0 Å². The minimum atomic E-state index is -0.432. The van der Waals surface area contributed by atoms with Gasteiger partial charge in [0.2, 0.25) is 11.8 Å². The van der Waals surface area contributed by atoms with Crippen LogP contribution < -0.4 is 5.32 Å². The minimum absolute atomic E-state index is 0.0178. The largest absolute Gasteiger partial charge is 0.350 e. The normalized spacial score (nSPS) is 18.4. The second kappa shape index (κ2) is 8.67. The first kappa shape index (κ1) is 21.3. The number of hydrogen-bond acceptors (Lipinski definition) is 3. The number of halogens is 2. The zero-order chi connectivity index (χ0) is 22.0. The molecule has 1 atom stereocenters. The molecule has 162 valence electrons. The summed E-state index contributed by atoms with van der Waals surface area (Å²) < 4.78 is 13.4. The van der Waals surface area contributed by atoms with Gasteiger partial charge in [0.1, 0.15) is 11.6 Å². The number of H-pyrrole nitrogens is 1. The molecule has 6 nitrogen and oxygen atoms in total. The SMILES string of the molecule is CN(Cc1nc2ccc(F)cc2[nH]1)C(=O)CC[C@]1(Cc2ccc(Cl)cc2)CCC(=O)N1. The van der Waals surface area contributed by atoms with Crippen LogP contribution in [0.25, 0.3) is 11.0 Å². The monoisotopic (exact) mass is 442 g/mol. The molecule has 0 aliphatic carbocycles. The van der Waals surface area contributed by atoms with Crippen molar-refractivity contribution < 1.29 is 14.0 Å². The lowest BCUT2D eigenvalue weighted by atomic mass is 9.85. The number of amides is 2. The molecule has 0 spiro atoms. The fourth-order valence-electron chi connectivity index (χ4n) is 4.13. The molecular formula is C23H24ClFN4O2. The third-order valence-corrected chi connectivity index (χ3v) is 6.07. The highest BCUT2D eigenvalue weighted by atomic mass is 35.5. The summed E-state index contributed by atoms with van der Waals surface area (Å²) in [5, 5.41) is 3.77. The molecule has 1 aromatic heterocycles. The van der Waals surface area contributed by atoms with Gasteiger partial charge in [-0.2, -0.15) is 0 Å². The molecule has 3 aromatic rings. The van der Waals surface area contributed by atoms with Crippen molar-refractivity contribution >= 4 is 34.4 Å². The van der Waals surface area contributed by atoms with Gasteiger partial charge in [-0.15, -0.1) is 0 Å². The van der Waals surface area contributed by atoms with Gasteiger partial charge < -0.3 is 15.2 Å². The Kier molecular flexibility index (Phi) is 5.96. The zero-order valence-corrected chi connectivity index (χ0v) is 18.0. The number of fused-ring (bicyclic) bond motifs is 1. The third kappa shape index (κ3) is 5.05. The number of aromatic nitrogens is 2. The molecule has 2 heterocycles. The van der Waals surface area contributed by atoms with E-state index in [4.69, 9.17) is 11.6 Å². The Morgan fingerprint density at radius 2 is 2.03 bits per heavy atom. The molecule has 0 saturated carbocycles. The van der Waals surface area contributed by atoms with Gasteiger partial charge >= 0.3 is 0 Å². The Labute approximate surface area is 184 Å². The lowest BCUT2D eigenvalue weighted by molar-refractivity contribution is -0.131. The van der Waals surface area contributed by atoms with Crippen molar-refractivity contribution in [1.29, 1.82) is 0 Å². The Hall–Kier alpha value is -2.93. The number of aromatic amines is 1. The molecule has 1 aliphatic rings. The summed E-state index contributed by atoms with van der Waals surface area (Å²) >= 11 is 5.98. The van der Waals surface area contributed by atoms with Crippen molar-refractivity contribution in [2.75, 3.05) is 7.05 Å².